The standard InChI is InChI=1S/C46H29N7Si/c1-3-13-30(14-4-1)43-50-44(31-15-5-2-6-16-31)52-45(51-43)36-29-35(28-33-18-12-26-48-42(33)36)54(34-23-24-37-32(27-34)17-11-25-47-37)41-22-10-9-21-40(41)53-39-20-8-7-19-38(39)49-46(53)54/h1-29H. The summed E-state index contributed by atoms with van der Waals surface area (Å²) >= 11 is 0. The van der Waals surface area contributed by atoms with E-state index >= 15 is 0 Å². The molecule has 4 aromatic heterocycles. The smallest absolute Gasteiger partial charge is 0.226 e. The maximum atomic E-state index is 5.54. The van der Waals surface area contributed by atoms with E-state index < -0.39 is 8.07 Å². The Morgan fingerprint density at radius 2 is 1.09 bits per heavy atom. The Balaban J connectivity index is 1.27. The summed E-state index contributed by atoms with van der Waals surface area (Å²) in [5, 5.41) is 5.78. The van der Waals surface area contributed by atoms with Crippen molar-refractivity contribution in [2.45, 2.75) is 0 Å². The molecule has 0 radical (unpaired) electrons. The van der Waals surface area contributed by atoms with Gasteiger partial charge in [-0.05, 0) is 58.0 Å². The number of imidazole rings is 1. The van der Waals surface area contributed by atoms with Crippen LogP contribution in [0.3, 0.4) is 0 Å². The maximum Gasteiger partial charge on any atom is 0.226 e. The topological polar surface area (TPSA) is 82.3 Å². The first kappa shape index (κ1) is 30.5. The highest BCUT2D eigenvalue weighted by Crippen LogP contribution is 2.32. The highest BCUT2D eigenvalue weighted by molar-refractivity contribution is 7.20. The van der Waals surface area contributed by atoms with Gasteiger partial charge in [0.1, 0.15) is 5.45 Å². The van der Waals surface area contributed by atoms with Crippen molar-refractivity contribution in [1.29, 1.82) is 0 Å². The van der Waals surface area contributed by atoms with Gasteiger partial charge in [-0.25, -0.2) is 19.9 Å². The van der Waals surface area contributed by atoms with Crippen LogP contribution in [-0.2, 0) is 0 Å². The molecule has 10 aromatic rings. The predicted molar refractivity (Wildman–Crippen MR) is 219 cm³/mol. The maximum absolute atomic E-state index is 5.54. The third-order valence-electron chi connectivity index (χ3n) is 10.6. The molecule has 0 spiro atoms. The Kier molecular flexibility index (Phi) is 6.74. The molecule has 252 valence electrons. The molecule has 6 aromatic carbocycles. The van der Waals surface area contributed by atoms with Gasteiger partial charge in [0.25, 0.3) is 0 Å². The molecule has 1 aliphatic heterocycles. The fraction of sp³-hybridized carbons (Fsp3) is 0. The second kappa shape index (κ2) is 11.9. The third kappa shape index (κ3) is 4.54. The van der Waals surface area contributed by atoms with Crippen molar-refractivity contribution in [1.82, 2.24) is 34.5 Å². The Labute approximate surface area is 311 Å². The summed E-state index contributed by atoms with van der Waals surface area (Å²) in [4.78, 5) is 30.6. The minimum absolute atomic E-state index is 0.569. The molecule has 1 aliphatic rings. The molecular formula is C46H29N7Si. The van der Waals surface area contributed by atoms with Gasteiger partial charge in [0, 0.05) is 45.5 Å². The van der Waals surface area contributed by atoms with Crippen LogP contribution >= 0.6 is 0 Å². The van der Waals surface area contributed by atoms with Crippen molar-refractivity contribution in [2.24, 2.45) is 0 Å². The zero-order valence-corrected chi connectivity index (χ0v) is 29.9. The van der Waals surface area contributed by atoms with Crippen molar-refractivity contribution in [3.8, 4) is 39.9 Å². The van der Waals surface area contributed by atoms with Gasteiger partial charge in [0.2, 0.25) is 8.07 Å². The lowest BCUT2D eigenvalue weighted by atomic mass is 10.1. The average Bonchev–Trinajstić information content (AvgIpc) is 3.77. The highest BCUT2D eigenvalue weighted by atomic mass is 28.3. The molecule has 0 fully saturated rings. The number of benzene rings is 6. The predicted octanol–water partition coefficient (Wildman–Crippen LogP) is 7.00. The van der Waals surface area contributed by atoms with Gasteiger partial charge in [-0.2, -0.15) is 0 Å². The minimum atomic E-state index is -3.14. The van der Waals surface area contributed by atoms with E-state index in [0.29, 0.717) is 17.5 Å². The van der Waals surface area contributed by atoms with E-state index in [-0.39, 0.29) is 0 Å². The van der Waals surface area contributed by atoms with Gasteiger partial charge in [0.05, 0.1) is 22.1 Å². The number of fused-ring (bicyclic) bond motifs is 7. The summed E-state index contributed by atoms with van der Waals surface area (Å²) < 4.78 is 2.39. The van der Waals surface area contributed by atoms with Crippen LogP contribution in [0, 0.1) is 0 Å². The van der Waals surface area contributed by atoms with Crippen LogP contribution in [0.4, 0.5) is 0 Å². The largest absolute Gasteiger partial charge is 0.299 e. The lowest BCUT2D eigenvalue weighted by molar-refractivity contribution is 1.07. The summed E-state index contributed by atoms with van der Waals surface area (Å²) in [7, 11) is -3.14. The number of aromatic nitrogens is 7. The van der Waals surface area contributed by atoms with Crippen molar-refractivity contribution >= 4 is 61.9 Å². The van der Waals surface area contributed by atoms with Gasteiger partial charge >= 0.3 is 0 Å². The molecule has 7 nitrogen and oxygen atoms in total. The van der Waals surface area contributed by atoms with Crippen LogP contribution in [-0.4, -0.2) is 42.5 Å². The summed E-state index contributed by atoms with van der Waals surface area (Å²) in [5.41, 5.74) is 8.76. The van der Waals surface area contributed by atoms with Crippen molar-refractivity contribution in [2.75, 3.05) is 0 Å². The summed E-state index contributed by atoms with van der Waals surface area (Å²) in [6, 6.07) is 57.1. The number of pyridine rings is 2. The normalized spacial score (nSPS) is 14.7. The zero-order chi connectivity index (χ0) is 35.6. The second-order valence-electron chi connectivity index (χ2n) is 13.6. The molecule has 0 saturated carbocycles. The molecule has 1 unspecified atom stereocenters. The molecule has 0 saturated heterocycles. The van der Waals surface area contributed by atoms with Crippen LogP contribution in [0.1, 0.15) is 0 Å². The third-order valence-corrected chi connectivity index (χ3v) is 15.1. The number of para-hydroxylation sites is 3. The van der Waals surface area contributed by atoms with Gasteiger partial charge < -0.3 is 0 Å². The first-order valence-electron chi connectivity index (χ1n) is 18.0. The van der Waals surface area contributed by atoms with Crippen LogP contribution in [0.5, 0.6) is 0 Å². The molecule has 11 rings (SSSR count). The van der Waals surface area contributed by atoms with Crippen LogP contribution in [0.15, 0.2) is 176 Å². The zero-order valence-electron chi connectivity index (χ0n) is 28.9. The van der Waals surface area contributed by atoms with Crippen molar-refractivity contribution in [3.05, 3.63) is 176 Å². The monoisotopic (exact) mass is 707 g/mol. The van der Waals surface area contributed by atoms with E-state index in [1.165, 1.54) is 15.6 Å². The summed E-state index contributed by atoms with van der Waals surface area (Å²) in [5.74, 6) is 1.78. The lowest BCUT2D eigenvalue weighted by Gasteiger charge is -2.29. The van der Waals surface area contributed by atoms with E-state index in [2.05, 4.69) is 95.6 Å². The number of hydrogen-bond acceptors (Lipinski definition) is 6. The first-order valence-corrected chi connectivity index (χ1v) is 20.0. The minimum Gasteiger partial charge on any atom is -0.299 e. The molecule has 0 aliphatic carbocycles. The lowest BCUT2D eigenvalue weighted by Crippen LogP contribution is -2.73. The Morgan fingerprint density at radius 3 is 1.89 bits per heavy atom. The number of nitrogens with zero attached hydrogens (tertiary/aromatic N) is 7. The summed E-state index contributed by atoms with van der Waals surface area (Å²) in [6.45, 7) is 0. The Hall–Kier alpha value is -7.16. The van der Waals surface area contributed by atoms with Crippen molar-refractivity contribution < 1.29 is 0 Å². The fourth-order valence-corrected chi connectivity index (χ4v) is 13.1. The van der Waals surface area contributed by atoms with Crippen molar-refractivity contribution in [3.63, 3.8) is 0 Å². The SMILES string of the molecule is c1ccc(-c2nc(-c3ccccc3)nc(-c3cc([Si]4(c5ccc6ncccc6c5)c5ccccc5-n5c4nc4ccccc45)cc4cccnc34)n2)cc1. The molecule has 1 atom stereocenters. The van der Waals surface area contributed by atoms with Gasteiger partial charge in [0.15, 0.2) is 17.5 Å². The molecular weight excluding hydrogens is 679 g/mol. The van der Waals surface area contributed by atoms with Crippen LogP contribution in [0.2, 0.25) is 0 Å². The molecule has 0 amide bonds. The molecule has 54 heavy (non-hydrogen) atoms. The van der Waals surface area contributed by atoms with E-state index in [1.54, 1.807) is 0 Å². The van der Waals surface area contributed by atoms with Crippen LogP contribution < -0.4 is 21.0 Å². The molecule has 5 heterocycles. The van der Waals surface area contributed by atoms with Gasteiger partial charge in [-0.15, -0.1) is 0 Å². The average molecular weight is 708 g/mol. The molecule has 8 heteroatoms. The first-order chi connectivity index (χ1) is 26.8. The highest BCUT2D eigenvalue weighted by Gasteiger charge is 2.52. The van der Waals surface area contributed by atoms with E-state index in [1.807, 2.05) is 85.2 Å². The Morgan fingerprint density at radius 1 is 0.444 bits per heavy atom. The van der Waals surface area contributed by atoms with Gasteiger partial charge in [-0.3, -0.25) is 14.5 Å². The van der Waals surface area contributed by atoms with E-state index in [0.717, 1.165) is 60.7 Å². The van der Waals surface area contributed by atoms with E-state index in [9.17, 15) is 0 Å². The quantitative estimate of drug-likeness (QED) is 0.179. The number of rotatable bonds is 5. The molecule has 0 N–H and O–H groups in total. The number of hydrogen-bond donors (Lipinski definition) is 0. The second-order valence-corrected chi connectivity index (χ2v) is 17.2. The fourth-order valence-electron chi connectivity index (χ4n) is 8.18. The Bertz CT molecular complexity index is 3010. The van der Waals surface area contributed by atoms with Gasteiger partial charge in [-0.1, -0.05) is 121 Å². The van der Waals surface area contributed by atoms with Crippen LogP contribution in [0.25, 0.3) is 72.7 Å². The summed E-state index contributed by atoms with van der Waals surface area (Å²) in [6.07, 6.45) is 3.70. The van der Waals surface area contributed by atoms with E-state index in [4.69, 9.17) is 29.9 Å². The molecule has 0 bridgehead atoms.